The fourth-order valence-electron chi connectivity index (χ4n) is 1.19. The monoisotopic (exact) mass is 184 g/mol. The maximum absolute atomic E-state index is 3.79. The highest BCUT2D eigenvalue weighted by Crippen LogP contribution is 2.10. The second kappa shape index (κ2) is 5.29. The molecule has 0 aliphatic carbocycles. The molecule has 0 aliphatic rings. The minimum atomic E-state index is 0.287. The van der Waals surface area contributed by atoms with Crippen molar-refractivity contribution in [1.82, 2.24) is 0 Å². The molecule has 0 aromatic heterocycles. The van der Waals surface area contributed by atoms with Crippen molar-refractivity contribution >= 4 is 0 Å². The normalized spacial score (nSPS) is 11.6. The van der Waals surface area contributed by atoms with E-state index in [1.807, 2.05) is 36.4 Å². The Bertz CT molecular complexity index is 335. The molecule has 0 heterocycles. The fraction of sp³-hybridized carbons (Fsp3) is 0.286. The van der Waals surface area contributed by atoms with Crippen molar-refractivity contribution in [2.45, 2.75) is 13.8 Å². The fourth-order valence-corrected chi connectivity index (χ4v) is 1.19. The summed E-state index contributed by atoms with van der Waals surface area (Å²) in [5, 5.41) is 0. The first-order chi connectivity index (χ1) is 6.74. The van der Waals surface area contributed by atoms with Gasteiger partial charge in [0, 0.05) is 11.5 Å². The SMILES string of the molecule is C=CC(C#Cc1ccccc1)C(C)C. The minimum absolute atomic E-state index is 0.287. The average Bonchev–Trinajstić information content (AvgIpc) is 2.20. The van der Waals surface area contributed by atoms with E-state index in [2.05, 4.69) is 32.3 Å². The summed E-state index contributed by atoms with van der Waals surface area (Å²) in [5.41, 5.74) is 1.07. The lowest BCUT2D eigenvalue weighted by Gasteiger charge is -2.07. The van der Waals surface area contributed by atoms with Crippen LogP contribution in [0.2, 0.25) is 0 Å². The molecule has 0 aliphatic heterocycles. The molecule has 1 aromatic carbocycles. The molecular weight excluding hydrogens is 168 g/mol. The summed E-state index contributed by atoms with van der Waals surface area (Å²) < 4.78 is 0. The largest absolute Gasteiger partial charge is 0.102 e. The van der Waals surface area contributed by atoms with E-state index >= 15 is 0 Å². The van der Waals surface area contributed by atoms with Gasteiger partial charge in [0.05, 0.1) is 0 Å². The Morgan fingerprint density at radius 1 is 1.21 bits per heavy atom. The van der Waals surface area contributed by atoms with E-state index < -0.39 is 0 Å². The van der Waals surface area contributed by atoms with Crippen LogP contribution in [0, 0.1) is 23.7 Å². The van der Waals surface area contributed by atoms with Crippen molar-refractivity contribution in [2.24, 2.45) is 11.8 Å². The van der Waals surface area contributed by atoms with E-state index in [-0.39, 0.29) is 5.92 Å². The zero-order valence-electron chi connectivity index (χ0n) is 8.83. The number of hydrogen-bond donors (Lipinski definition) is 0. The summed E-state index contributed by atoms with van der Waals surface area (Å²) in [5.74, 6) is 7.19. The Morgan fingerprint density at radius 3 is 2.36 bits per heavy atom. The number of rotatable bonds is 2. The number of hydrogen-bond acceptors (Lipinski definition) is 0. The predicted octanol–water partition coefficient (Wildman–Crippen LogP) is 3.50. The van der Waals surface area contributed by atoms with Crippen LogP contribution in [-0.4, -0.2) is 0 Å². The molecule has 0 heteroatoms. The Hall–Kier alpha value is -1.48. The lowest BCUT2D eigenvalue weighted by Crippen LogP contribution is -2.01. The standard InChI is InChI=1S/C14H16/c1-4-14(12(2)3)11-10-13-8-6-5-7-9-13/h4-9,12,14H,1H2,2-3H3. The average molecular weight is 184 g/mol. The van der Waals surface area contributed by atoms with Crippen LogP contribution in [0.1, 0.15) is 19.4 Å². The molecule has 0 amide bonds. The van der Waals surface area contributed by atoms with Gasteiger partial charge < -0.3 is 0 Å². The molecule has 0 fully saturated rings. The zero-order valence-corrected chi connectivity index (χ0v) is 8.83. The number of benzene rings is 1. The highest BCUT2D eigenvalue weighted by Gasteiger charge is 2.03. The lowest BCUT2D eigenvalue weighted by atomic mass is 9.96. The molecule has 1 rings (SSSR count). The molecule has 0 saturated heterocycles. The summed E-state index contributed by atoms with van der Waals surface area (Å²) in [6.07, 6.45) is 1.92. The van der Waals surface area contributed by atoms with Crippen molar-refractivity contribution in [3.8, 4) is 11.8 Å². The summed E-state index contributed by atoms with van der Waals surface area (Å²) in [6, 6.07) is 10.0. The van der Waals surface area contributed by atoms with Crippen molar-refractivity contribution in [3.63, 3.8) is 0 Å². The van der Waals surface area contributed by atoms with Gasteiger partial charge in [-0.1, -0.05) is 50.0 Å². The third kappa shape index (κ3) is 3.11. The van der Waals surface area contributed by atoms with Gasteiger partial charge in [-0.3, -0.25) is 0 Å². The smallest absolute Gasteiger partial charge is 0.0406 e. The van der Waals surface area contributed by atoms with Gasteiger partial charge in [0.1, 0.15) is 0 Å². The summed E-state index contributed by atoms with van der Waals surface area (Å²) in [7, 11) is 0. The number of allylic oxidation sites excluding steroid dienone is 1. The molecule has 0 radical (unpaired) electrons. The first-order valence-corrected chi connectivity index (χ1v) is 4.93. The van der Waals surface area contributed by atoms with Gasteiger partial charge in [0.25, 0.3) is 0 Å². The van der Waals surface area contributed by atoms with Crippen molar-refractivity contribution in [1.29, 1.82) is 0 Å². The third-order valence-electron chi connectivity index (χ3n) is 2.13. The first kappa shape index (κ1) is 10.6. The van der Waals surface area contributed by atoms with Crippen molar-refractivity contribution in [3.05, 3.63) is 48.6 Å². The molecule has 0 nitrogen and oxygen atoms in total. The van der Waals surface area contributed by atoms with E-state index in [1.54, 1.807) is 0 Å². The van der Waals surface area contributed by atoms with Crippen LogP contribution in [0.3, 0.4) is 0 Å². The molecule has 0 bridgehead atoms. The van der Waals surface area contributed by atoms with E-state index in [4.69, 9.17) is 0 Å². The Balaban J connectivity index is 2.76. The van der Waals surface area contributed by atoms with Gasteiger partial charge in [0.15, 0.2) is 0 Å². The molecule has 0 saturated carbocycles. The summed E-state index contributed by atoms with van der Waals surface area (Å²) in [4.78, 5) is 0. The molecule has 1 unspecified atom stereocenters. The first-order valence-electron chi connectivity index (χ1n) is 4.93. The zero-order chi connectivity index (χ0) is 10.4. The quantitative estimate of drug-likeness (QED) is 0.487. The molecule has 1 aromatic rings. The second-order valence-corrected chi connectivity index (χ2v) is 3.64. The maximum atomic E-state index is 3.79. The predicted molar refractivity (Wildman–Crippen MR) is 61.8 cm³/mol. The van der Waals surface area contributed by atoms with E-state index in [0.717, 1.165) is 5.56 Å². The van der Waals surface area contributed by atoms with Gasteiger partial charge >= 0.3 is 0 Å². The van der Waals surface area contributed by atoms with E-state index in [1.165, 1.54) is 0 Å². The Kier molecular flexibility index (Phi) is 4.01. The van der Waals surface area contributed by atoms with Crippen LogP contribution >= 0.6 is 0 Å². The van der Waals surface area contributed by atoms with Crippen LogP contribution in [0.25, 0.3) is 0 Å². The highest BCUT2D eigenvalue weighted by molar-refractivity contribution is 5.34. The van der Waals surface area contributed by atoms with E-state index in [0.29, 0.717) is 5.92 Å². The molecule has 1 atom stereocenters. The van der Waals surface area contributed by atoms with Gasteiger partial charge in [-0.2, -0.15) is 0 Å². The van der Waals surface area contributed by atoms with Crippen molar-refractivity contribution in [2.75, 3.05) is 0 Å². The van der Waals surface area contributed by atoms with E-state index in [9.17, 15) is 0 Å². The second-order valence-electron chi connectivity index (χ2n) is 3.64. The van der Waals surface area contributed by atoms with Gasteiger partial charge in [-0.05, 0) is 18.1 Å². The van der Waals surface area contributed by atoms with Gasteiger partial charge in [-0.15, -0.1) is 6.58 Å². The summed E-state index contributed by atoms with van der Waals surface area (Å²) in [6.45, 7) is 8.11. The Morgan fingerprint density at radius 2 is 1.86 bits per heavy atom. The lowest BCUT2D eigenvalue weighted by molar-refractivity contribution is 0.566. The topological polar surface area (TPSA) is 0 Å². The molecular formula is C14H16. The molecule has 0 spiro atoms. The van der Waals surface area contributed by atoms with Crippen LogP contribution in [0.5, 0.6) is 0 Å². The summed E-state index contributed by atoms with van der Waals surface area (Å²) >= 11 is 0. The molecule has 14 heavy (non-hydrogen) atoms. The van der Waals surface area contributed by atoms with Crippen LogP contribution in [0.4, 0.5) is 0 Å². The molecule has 0 N–H and O–H groups in total. The van der Waals surface area contributed by atoms with Gasteiger partial charge in [0.2, 0.25) is 0 Å². The van der Waals surface area contributed by atoms with Gasteiger partial charge in [-0.25, -0.2) is 0 Å². The van der Waals surface area contributed by atoms with Crippen LogP contribution in [-0.2, 0) is 0 Å². The van der Waals surface area contributed by atoms with Crippen LogP contribution < -0.4 is 0 Å². The maximum Gasteiger partial charge on any atom is 0.0406 e. The highest BCUT2D eigenvalue weighted by atomic mass is 14.1. The van der Waals surface area contributed by atoms with Crippen molar-refractivity contribution < 1.29 is 0 Å². The third-order valence-corrected chi connectivity index (χ3v) is 2.13. The Labute approximate surface area is 86.7 Å². The minimum Gasteiger partial charge on any atom is -0.102 e. The molecule has 72 valence electrons. The van der Waals surface area contributed by atoms with Crippen LogP contribution in [0.15, 0.2) is 43.0 Å².